The maximum Gasteiger partial charge on any atom is 0.321 e. The van der Waals surface area contributed by atoms with Gasteiger partial charge >= 0.3 is 6.03 Å². The topological polar surface area (TPSA) is 70.7 Å². The van der Waals surface area contributed by atoms with Crippen LogP contribution in [0.5, 0.6) is 0 Å². The van der Waals surface area contributed by atoms with Crippen LogP contribution in [-0.2, 0) is 9.53 Å². The third kappa shape index (κ3) is 3.88. The number of carbonyl (C=O) groups excluding carboxylic acids is 2. The Morgan fingerprint density at radius 1 is 1.14 bits per heavy atom. The van der Waals surface area contributed by atoms with E-state index < -0.39 is 0 Å². The van der Waals surface area contributed by atoms with Crippen molar-refractivity contribution in [3.8, 4) is 0 Å². The van der Waals surface area contributed by atoms with Crippen molar-refractivity contribution in [1.82, 2.24) is 10.2 Å². The molecular weight excluding hydrogens is 354 g/mol. The fourth-order valence-electron chi connectivity index (χ4n) is 5.05. The third-order valence-electron chi connectivity index (χ3n) is 6.83. The van der Waals surface area contributed by atoms with E-state index in [1.165, 1.54) is 12.8 Å². The molecule has 0 aromatic heterocycles. The van der Waals surface area contributed by atoms with Crippen molar-refractivity contribution in [2.24, 2.45) is 11.3 Å². The second-order valence-electron chi connectivity index (χ2n) is 8.64. The summed E-state index contributed by atoms with van der Waals surface area (Å²) in [6.45, 7) is 4.42. The normalized spacial score (nSPS) is 24.5. The minimum Gasteiger partial charge on any atom is -0.381 e. The van der Waals surface area contributed by atoms with E-state index >= 15 is 0 Å². The molecular formula is C22H31N3O3. The molecule has 2 saturated heterocycles. The second-order valence-corrected chi connectivity index (χ2v) is 8.64. The van der Waals surface area contributed by atoms with Crippen molar-refractivity contribution < 1.29 is 14.3 Å². The number of para-hydroxylation sites is 1. The van der Waals surface area contributed by atoms with Gasteiger partial charge in [0.25, 0.3) is 0 Å². The zero-order valence-electron chi connectivity index (χ0n) is 16.7. The molecule has 3 fully saturated rings. The van der Waals surface area contributed by atoms with E-state index in [1.807, 2.05) is 36.1 Å². The smallest absolute Gasteiger partial charge is 0.321 e. The molecule has 1 spiro atoms. The first-order valence-corrected chi connectivity index (χ1v) is 10.6. The highest BCUT2D eigenvalue weighted by Crippen LogP contribution is 2.44. The molecule has 28 heavy (non-hydrogen) atoms. The number of rotatable bonds is 3. The summed E-state index contributed by atoms with van der Waals surface area (Å²) >= 11 is 0. The van der Waals surface area contributed by atoms with Crippen LogP contribution >= 0.6 is 0 Å². The average molecular weight is 386 g/mol. The maximum absolute atomic E-state index is 13.1. The summed E-state index contributed by atoms with van der Waals surface area (Å²) in [6.07, 6.45) is 6.21. The van der Waals surface area contributed by atoms with Crippen molar-refractivity contribution >= 4 is 17.6 Å². The summed E-state index contributed by atoms with van der Waals surface area (Å²) in [5.74, 6) is -0.0281. The molecule has 3 aliphatic rings. The number of benzene rings is 1. The molecule has 3 amide bonds. The van der Waals surface area contributed by atoms with E-state index in [4.69, 9.17) is 4.74 Å². The van der Waals surface area contributed by atoms with E-state index in [1.54, 1.807) is 0 Å². The number of likely N-dealkylation sites (tertiary alicyclic amines) is 1. The lowest BCUT2D eigenvalue weighted by Gasteiger charge is -2.37. The van der Waals surface area contributed by atoms with E-state index in [9.17, 15) is 9.59 Å². The predicted molar refractivity (Wildman–Crippen MR) is 108 cm³/mol. The molecule has 1 aromatic rings. The monoisotopic (exact) mass is 385 g/mol. The van der Waals surface area contributed by atoms with Gasteiger partial charge in [0.15, 0.2) is 0 Å². The lowest BCUT2D eigenvalue weighted by atomic mass is 9.71. The van der Waals surface area contributed by atoms with Crippen LogP contribution in [0.25, 0.3) is 0 Å². The first kappa shape index (κ1) is 19.2. The van der Waals surface area contributed by atoms with Gasteiger partial charge in [0.05, 0.1) is 5.92 Å². The fraction of sp³-hybridized carbons (Fsp3) is 0.636. The molecule has 6 nitrogen and oxygen atoms in total. The van der Waals surface area contributed by atoms with Gasteiger partial charge in [0.2, 0.25) is 5.91 Å². The molecule has 0 bridgehead atoms. The summed E-state index contributed by atoms with van der Waals surface area (Å²) in [4.78, 5) is 27.9. The highest BCUT2D eigenvalue weighted by atomic mass is 16.5. The number of carbonyl (C=O) groups is 2. The Balaban J connectivity index is 1.48. The Kier molecular flexibility index (Phi) is 5.58. The van der Waals surface area contributed by atoms with Gasteiger partial charge in [0.1, 0.15) is 0 Å². The van der Waals surface area contributed by atoms with E-state index in [2.05, 4.69) is 10.6 Å². The van der Waals surface area contributed by atoms with Crippen molar-refractivity contribution in [1.29, 1.82) is 0 Å². The molecule has 6 heteroatoms. The van der Waals surface area contributed by atoms with Gasteiger partial charge in [-0.25, -0.2) is 4.79 Å². The SMILES string of the molecule is Cc1ccccc1NC(=O)N1CC(C(=O)NC2CCCC2)C2(CCOCC2)C1. The lowest BCUT2D eigenvalue weighted by Crippen LogP contribution is -2.46. The molecule has 2 aliphatic heterocycles. The van der Waals surface area contributed by atoms with E-state index in [0.717, 1.165) is 36.9 Å². The van der Waals surface area contributed by atoms with Crippen molar-refractivity contribution in [3.05, 3.63) is 29.8 Å². The van der Waals surface area contributed by atoms with Gasteiger partial charge < -0.3 is 20.3 Å². The summed E-state index contributed by atoms with van der Waals surface area (Å²) in [7, 11) is 0. The van der Waals surface area contributed by atoms with Gasteiger partial charge in [-0.2, -0.15) is 0 Å². The number of nitrogens with one attached hydrogen (secondary N) is 2. The van der Waals surface area contributed by atoms with Gasteiger partial charge in [0, 0.05) is 43.4 Å². The zero-order chi connectivity index (χ0) is 19.6. The number of hydrogen-bond donors (Lipinski definition) is 2. The summed E-state index contributed by atoms with van der Waals surface area (Å²) in [5, 5.41) is 6.30. The van der Waals surface area contributed by atoms with Gasteiger partial charge in [-0.1, -0.05) is 31.0 Å². The Labute approximate surface area is 167 Å². The van der Waals surface area contributed by atoms with Crippen LogP contribution in [0.15, 0.2) is 24.3 Å². The minimum atomic E-state index is -0.163. The Bertz CT molecular complexity index is 723. The number of anilines is 1. The Morgan fingerprint density at radius 3 is 2.57 bits per heavy atom. The number of urea groups is 1. The number of ether oxygens (including phenoxy) is 1. The van der Waals surface area contributed by atoms with E-state index in [-0.39, 0.29) is 23.3 Å². The predicted octanol–water partition coefficient (Wildman–Crippen LogP) is 3.31. The maximum atomic E-state index is 13.1. The standard InChI is InChI=1S/C22H31N3O3/c1-16-6-2-5-9-19(16)24-21(27)25-14-18(20(26)23-17-7-3-4-8-17)22(15-25)10-12-28-13-11-22/h2,5-6,9,17-18H,3-4,7-8,10-15H2,1H3,(H,23,26)(H,24,27). The number of hydrogen-bond acceptors (Lipinski definition) is 3. The molecule has 1 saturated carbocycles. The molecule has 1 aromatic carbocycles. The summed E-state index contributed by atoms with van der Waals surface area (Å²) < 4.78 is 5.57. The van der Waals surface area contributed by atoms with E-state index in [0.29, 0.717) is 32.3 Å². The quantitative estimate of drug-likeness (QED) is 0.839. The number of amides is 3. The van der Waals surface area contributed by atoms with Crippen molar-refractivity contribution in [3.63, 3.8) is 0 Å². The second kappa shape index (κ2) is 8.11. The highest BCUT2D eigenvalue weighted by molar-refractivity contribution is 5.91. The first-order chi connectivity index (χ1) is 13.6. The van der Waals surface area contributed by atoms with Crippen molar-refractivity contribution in [2.45, 2.75) is 51.5 Å². The van der Waals surface area contributed by atoms with Gasteiger partial charge in [-0.05, 0) is 44.2 Å². The molecule has 1 unspecified atom stereocenters. The van der Waals surface area contributed by atoms with Gasteiger partial charge in [-0.15, -0.1) is 0 Å². The number of nitrogens with zero attached hydrogens (tertiary/aromatic N) is 1. The van der Waals surface area contributed by atoms with Crippen LogP contribution in [0.4, 0.5) is 10.5 Å². The van der Waals surface area contributed by atoms with Gasteiger partial charge in [-0.3, -0.25) is 4.79 Å². The zero-order valence-corrected chi connectivity index (χ0v) is 16.7. The lowest BCUT2D eigenvalue weighted by molar-refractivity contribution is -0.130. The largest absolute Gasteiger partial charge is 0.381 e. The van der Waals surface area contributed by atoms with Crippen LogP contribution in [0.1, 0.15) is 44.1 Å². The number of aryl methyl sites for hydroxylation is 1. The average Bonchev–Trinajstić information content (AvgIpc) is 3.32. The molecule has 4 rings (SSSR count). The Hall–Kier alpha value is -2.08. The molecule has 152 valence electrons. The van der Waals surface area contributed by atoms with Crippen LogP contribution in [0.2, 0.25) is 0 Å². The van der Waals surface area contributed by atoms with Crippen LogP contribution in [0.3, 0.4) is 0 Å². The van der Waals surface area contributed by atoms with Crippen LogP contribution in [-0.4, -0.2) is 49.2 Å². The highest BCUT2D eigenvalue weighted by Gasteiger charge is 2.52. The molecule has 0 radical (unpaired) electrons. The van der Waals surface area contributed by atoms with Crippen LogP contribution < -0.4 is 10.6 Å². The first-order valence-electron chi connectivity index (χ1n) is 10.6. The third-order valence-corrected chi connectivity index (χ3v) is 6.83. The minimum absolute atomic E-state index is 0.115. The summed E-state index contributed by atoms with van der Waals surface area (Å²) in [6, 6.07) is 7.97. The summed E-state index contributed by atoms with van der Waals surface area (Å²) in [5.41, 5.74) is 1.70. The molecule has 2 N–H and O–H groups in total. The fourth-order valence-corrected chi connectivity index (χ4v) is 5.05. The molecule has 1 atom stereocenters. The van der Waals surface area contributed by atoms with Crippen LogP contribution in [0, 0.1) is 18.3 Å². The molecule has 2 heterocycles. The van der Waals surface area contributed by atoms with Crippen molar-refractivity contribution in [2.75, 3.05) is 31.6 Å². The Morgan fingerprint density at radius 2 is 1.86 bits per heavy atom. The molecule has 1 aliphatic carbocycles.